The number of anilines is 1. The Balaban J connectivity index is 1.50. The van der Waals surface area contributed by atoms with Crippen molar-refractivity contribution in [2.45, 2.75) is 71.1 Å². The molecule has 3 rings (SSSR count). The lowest BCUT2D eigenvalue weighted by Crippen LogP contribution is -2.46. The van der Waals surface area contributed by atoms with Gasteiger partial charge in [0, 0.05) is 37.9 Å². The monoisotopic (exact) mass is 424 g/mol. The summed E-state index contributed by atoms with van der Waals surface area (Å²) in [6.45, 7) is 11.1. The van der Waals surface area contributed by atoms with E-state index >= 15 is 0 Å². The van der Waals surface area contributed by atoms with Gasteiger partial charge in [-0.25, -0.2) is 0 Å². The average molecular weight is 425 g/mol. The van der Waals surface area contributed by atoms with Gasteiger partial charge in [0.1, 0.15) is 5.75 Å². The van der Waals surface area contributed by atoms with Gasteiger partial charge in [-0.15, -0.1) is 0 Å². The molecule has 1 saturated heterocycles. The summed E-state index contributed by atoms with van der Waals surface area (Å²) in [7, 11) is 0. The van der Waals surface area contributed by atoms with Crippen LogP contribution < -0.4 is 9.64 Å². The summed E-state index contributed by atoms with van der Waals surface area (Å²) < 4.78 is 5.80. The maximum Gasteiger partial charge on any atom is 0.119 e. The van der Waals surface area contributed by atoms with E-state index in [1.807, 2.05) is 0 Å². The Labute approximate surface area is 188 Å². The van der Waals surface area contributed by atoms with Gasteiger partial charge in [0.25, 0.3) is 0 Å². The van der Waals surface area contributed by atoms with Gasteiger partial charge in [-0.1, -0.05) is 43.7 Å². The van der Waals surface area contributed by atoms with Crippen molar-refractivity contribution in [3.8, 4) is 5.75 Å². The number of piperidine rings is 1. The minimum absolute atomic E-state index is 0.383. The number of unbranched alkanes of at least 4 members (excludes halogenated alkanes) is 1. The molecule has 0 amide bonds. The molecule has 0 spiro atoms. The molecule has 0 aromatic heterocycles. The molecule has 2 aromatic rings. The quantitative estimate of drug-likeness (QED) is 0.483. The van der Waals surface area contributed by atoms with Crippen LogP contribution in [0.25, 0.3) is 0 Å². The van der Waals surface area contributed by atoms with E-state index in [1.165, 1.54) is 11.3 Å². The van der Waals surface area contributed by atoms with Gasteiger partial charge >= 0.3 is 0 Å². The normalized spacial score (nSPS) is 16.4. The minimum atomic E-state index is -0.566. The third-order valence-electron chi connectivity index (χ3n) is 6.41. The summed E-state index contributed by atoms with van der Waals surface area (Å²) in [6.07, 6.45) is 4.72. The number of benzene rings is 2. The molecule has 4 heteroatoms. The molecule has 1 heterocycles. The zero-order chi connectivity index (χ0) is 22.1. The van der Waals surface area contributed by atoms with Gasteiger partial charge in [-0.2, -0.15) is 0 Å². The molecule has 170 valence electrons. The van der Waals surface area contributed by atoms with E-state index in [4.69, 9.17) is 4.74 Å². The fourth-order valence-electron chi connectivity index (χ4n) is 4.30. The van der Waals surface area contributed by atoms with E-state index < -0.39 is 5.60 Å². The van der Waals surface area contributed by atoms with Gasteiger partial charge < -0.3 is 14.7 Å². The summed E-state index contributed by atoms with van der Waals surface area (Å²) in [5.74, 6) is 0.935. The van der Waals surface area contributed by atoms with E-state index in [-0.39, 0.29) is 0 Å². The highest BCUT2D eigenvalue weighted by Crippen LogP contribution is 2.29. The van der Waals surface area contributed by atoms with Crippen LogP contribution in [0.4, 0.5) is 5.69 Å². The molecule has 1 N–H and O–H groups in total. The lowest BCUT2D eigenvalue weighted by atomic mass is 9.87. The maximum absolute atomic E-state index is 11.2. The van der Waals surface area contributed by atoms with Crippen LogP contribution in [0.15, 0.2) is 54.6 Å². The second kappa shape index (κ2) is 11.5. The average Bonchev–Trinajstić information content (AvgIpc) is 2.77. The predicted molar refractivity (Wildman–Crippen MR) is 130 cm³/mol. The largest absolute Gasteiger partial charge is 0.494 e. The van der Waals surface area contributed by atoms with Crippen molar-refractivity contribution in [3.63, 3.8) is 0 Å². The van der Waals surface area contributed by atoms with Crippen molar-refractivity contribution in [1.82, 2.24) is 4.90 Å². The number of hydrogen-bond acceptors (Lipinski definition) is 4. The van der Waals surface area contributed by atoms with E-state index in [1.54, 1.807) is 0 Å². The van der Waals surface area contributed by atoms with Gasteiger partial charge in [0.05, 0.1) is 12.2 Å². The van der Waals surface area contributed by atoms with Crippen LogP contribution in [0, 0.1) is 0 Å². The molecule has 0 aliphatic carbocycles. The second-order valence-electron chi connectivity index (χ2n) is 9.22. The number of ether oxygens (including phenoxy) is 1. The number of aliphatic hydroxyl groups is 1. The van der Waals surface area contributed by atoms with Crippen molar-refractivity contribution in [1.29, 1.82) is 0 Å². The Hall–Kier alpha value is -2.04. The van der Waals surface area contributed by atoms with Gasteiger partial charge in [-0.05, 0) is 69.4 Å². The minimum Gasteiger partial charge on any atom is -0.494 e. The number of hydrogen-bond donors (Lipinski definition) is 1. The van der Waals surface area contributed by atoms with E-state index in [2.05, 4.69) is 85.2 Å². The Kier molecular flexibility index (Phi) is 8.79. The predicted octanol–water partition coefficient (Wildman–Crippen LogP) is 5.50. The van der Waals surface area contributed by atoms with Crippen molar-refractivity contribution in [3.05, 3.63) is 60.2 Å². The fourth-order valence-corrected chi connectivity index (χ4v) is 4.30. The molecule has 0 bridgehead atoms. The van der Waals surface area contributed by atoms with Crippen molar-refractivity contribution in [2.75, 3.05) is 31.1 Å². The number of nitrogens with zero attached hydrogens (tertiary/aromatic N) is 2. The molecule has 0 saturated carbocycles. The highest BCUT2D eigenvalue weighted by Gasteiger charge is 2.32. The Bertz CT molecular complexity index is 753. The van der Waals surface area contributed by atoms with Gasteiger partial charge in [-0.3, -0.25) is 4.90 Å². The van der Waals surface area contributed by atoms with Crippen LogP contribution in [-0.4, -0.2) is 47.9 Å². The summed E-state index contributed by atoms with van der Waals surface area (Å²) in [5, 5.41) is 11.2. The van der Waals surface area contributed by atoms with Crippen LogP contribution in [0.5, 0.6) is 5.75 Å². The Morgan fingerprint density at radius 2 is 1.71 bits per heavy atom. The van der Waals surface area contributed by atoms with Crippen LogP contribution in [0.2, 0.25) is 0 Å². The smallest absolute Gasteiger partial charge is 0.119 e. The molecule has 0 unspecified atom stereocenters. The second-order valence-corrected chi connectivity index (χ2v) is 9.22. The molecule has 31 heavy (non-hydrogen) atoms. The third kappa shape index (κ3) is 7.26. The molecule has 2 aromatic carbocycles. The lowest BCUT2D eigenvalue weighted by Gasteiger charge is -2.40. The summed E-state index contributed by atoms with van der Waals surface area (Å²) in [5.41, 5.74) is 1.98. The zero-order valence-electron chi connectivity index (χ0n) is 19.6. The fraction of sp³-hybridized carbons (Fsp3) is 0.556. The first-order chi connectivity index (χ1) is 15.0. The number of likely N-dealkylation sites (tertiary alicyclic amines) is 1. The van der Waals surface area contributed by atoms with E-state index in [0.717, 1.165) is 70.6 Å². The first-order valence-electron chi connectivity index (χ1n) is 12.0. The van der Waals surface area contributed by atoms with Crippen LogP contribution in [0.3, 0.4) is 0 Å². The standard InChI is InChI=1S/C27H40N2O2/c1-4-5-21-31-26-13-11-25(12-14-26)29(23(2)3)20-17-27(30)15-18-28(19-16-27)22-24-9-7-6-8-10-24/h6-14,23,30H,4-5,15-22H2,1-3H3. The summed E-state index contributed by atoms with van der Waals surface area (Å²) in [4.78, 5) is 4.85. The maximum atomic E-state index is 11.2. The summed E-state index contributed by atoms with van der Waals surface area (Å²) >= 11 is 0. The van der Waals surface area contributed by atoms with Crippen LogP contribution in [0.1, 0.15) is 58.4 Å². The molecule has 0 radical (unpaired) electrons. The van der Waals surface area contributed by atoms with Gasteiger partial charge in [0.2, 0.25) is 0 Å². The SMILES string of the molecule is CCCCOc1ccc(N(CCC2(O)CCN(Cc3ccccc3)CC2)C(C)C)cc1. The topological polar surface area (TPSA) is 35.9 Å². The Morgan fingerprint density at radius 3 is 2.32 bits per heavy atom. The molecule has 1 fully saturated rings. The molecule has 1 aliphatic rings. The van der Waals surface area contributed by atoms with Crippen molar-refractivity contribution >= 4 is 5.69 Å². The van der Waals surface area contributed by atoms with E-state index in [0.29, 0.717) is 6.04 Å². The first kappa shape index (κ1) is 23.6. The molecular formula is C27H40N2O2. The third-order valence-corrected chi connectivity index (χ3v) is 6.41. The summed E-state index contributed by atoms with van der Waals surface area (Å²) in [6, 6.07) is 19.4. The highest BCUT2D eigenvalue weighted by atomic mass is 16.5. The lowest BCUT2D eigenvalue weighted by molar-refractivity contribution is -0.0278. The van der Waals surface area contributed by atoms with Crippen LogP contribution >= 0.6 is 0 Å². The molecule has 0 atom stereocenters. The van der Waals surface area contributed by atoms with E-state index in [9.17, 15) is 5.11 Å². The molecule has 1 aliphatic heterocycles. The molecule has 4 nitrogen and oxygen atoms in total. The molecular weight excluding hydrogens is 384 g/mol. The van der Waals surface area contributed by atoms with Crippen molar-refractivity contribution < 1.29 is 9.84 Å². The zero-order valence-corrected chi connectivity index (χ0v) is 19.6. The highest BCUT2D eigenvalue weighted by molar-refractivity contribution is 5.49. The Morgan fingerprint density at radius 1 is 1.03 bits per heavy atom. The first-order valence-corrected chi connectivity index (χ1v) is 12.0. The van der Waals surface area contributed by atoms with Crippen LogP contribution in [-0.2, 0) is 6.54 Å². The number of rotatable bonds is 11. The van der Waals surface area contributed by atoms with Crippen molar-refractivity contribution in [2.24, 2.45) is 0 Å². The van der Waals surface area contributed by atoms with Gasteiger partial charge in [0.15, 0.2) is 0 Å².